The number of amides is 1. The van der Waals surface area contributed by atoms with E-state index in [0.717, 1.165) is 48.5 Å². The van der Waals surface area contributed by atoms with Gasteiger partial charge in [0.1, 0.15) is 5.82 Å². The molecule has 1 aromatic heterocycles. The number of nitrogens with zero attached hydrogens (tertiary/aromatic N) is 1. The molecule has 2 unspecified atom stereocenters. The molecule has 2 atom stereocenters. The molecule has 2 aromatic carbocycles. The second-order valence-corrected chi connectivity index (χ2v) is 7.87. The molecule has 0 spiro atoms. The first-order valence-electron chi connectivity index (χ1n) is 10.4. The molecular weight excluding hydrogens is 381 g/mol. The fourth-order valence-electron chi connectivity index (χ4n) is 4.01. The van der Waals surface area contributed by atoms with E-state index in [1.807, 2.05) is 36.4 Å². The van der Waals surface area contributed by atoms with Gasteiger partial charge in [0.15, 0.2) is 5.76 Å². The molecule has 1 aliphatic rings. The molecule has 0 bridgehead atoms. The minimum atomic E-state index is -0.272. The smallest absolute Gasteiger partial charge is 0.220 e. The molecule has 1 saturated heterocycles. The van der Waals surface area contributed by atoms with Crippen molar-refractivity contribution in [3.8, 4) is 11.3 Å². The first-order chi connectivity index (χ1) is 14.7. The fourth-order valence-corrected chi connectivity index (χ4v) is 4.01. The third-order valence-corrected chi connectivity index (χ3v) is 5.70. The fraction of sp³-hybridized carbons (Fsp3) is 0.333. The first kappa shape index (κ1) is 20.3. The number of benzene rings is 2. The van der Waals surface area contributed by atoms with E-state index in [-0.39, 0.29) is 17.6 Å². The summed E-state index contributed by atoms with van der Waals surface area (Å²) < 4.78 is 18.5. The largest absolute Gasteiger partial charge is 0.356 e. The Bertz CT molecular complexity index is 956. The lowest BCUT2D eigenvalue weighted by Gasteiger charge is -2.31. The quantitative estimate of drug-likeness (QED) is 0.622. The van der Waals surface area contributed by atoms with Gasteiger partial charge >= 0.3 is 0 Å². The summed E-state index contributed by atoms with van der Waals surface area (Å²) in [5.74, 6) is 1.13. The van der Waals surface area contributed by atoms with Crippen molar-refractivity contribution < 1.29 is 13.7 Å². The number of hydrogen-bond acceptors (Lipinski definition) is 4. The van der Waals surface area contributed by atoms with Gasteiger partial charge in [0.05, 0.1) is 5.69 Å². The second kappa shape index (κ2) is 9.67. The van der Waals surface area contributed by atoms with Gasteiger partial charge in [-0.3, -0.25) is 4.79 Å². The average molecular weight is 407 g/mol. The van der Waals surface area contributed by atoms with E-state index < -0.39 is 0 Å². The number of rotatable bonds is 7. The highest BCUT2D eigenvalue weighted by Gasteiger charge is 2.28. The summed E-state index contributed by atoms with van der Waals surface area (Å²) in [6.07, 6.45) is 2.22. The van der Waals surface area contributed by atoms with Crippen molar-refractivity contribution in [1.29, 1.82) is 0 Å². The van der Waals surface area contributed by atoms with Crippen LogP contribution in [-0.2, 0) is 17.8 Å². The van der Waals surface area contributed by atoms with Gasteiger partial charge < -0.3 is 15.2 Å². The molecule has 3 aromatic rings. The van der Waals surface area contributed by atoms with Crippen LogP contribution in [0.2, 0.25) is 0 Å². The maximum Gasteiger partial charge on any atom is 0.220 e. The Morgan fingerprint density at radius 2 is 1.93 bits per heavy atom. The topological polar surface area (TPSA) is 67.2 Å². The molecule has 5 nitrogen and oxygen atoms in total. The Morgan fingerprint density at radius 3 is 2.73 bits per heavy atom. The molecule has 0 radical (unpaired) electrons. The molecule has 30 heavy (non-hydrogen) atoms. The standard InChI is InChI=1S/C24H26FN3O2/c25-21-8-6-17(7-9-21)15-27-24(29)13-19-10-11-26-16-20(19)12-22-14-23(30-28-22)18-4-2-1-3-5-18/h1-9,14,19-20,26H,10-13,15-16H2,(H,27,29). The van der Waals surface area contributed by atoms with Gasteiger partial charge in [-0.1, -0.05) is 47.6 Å². The lowest BCUT2D eigenvalue weighted by molar-refractivity contribution is -0.122. The number of piperidine rings is 1. The predicted molar refractivity (Wildman–Crippen MR) is 113 cm³/mol. The van der Waals surface area contributed by atoms with E-state index in [2.05, 4.69) is 15.8 Å². The van der Waals surface area contributed by atoms with Crippen molar-refractivity contribution in [2.45, 2.75) is 25.8 Å². The summed E-state index contributed by atoms with van der Waals surface area (Å²) >= 11 is 0. The van der Waals surface area contributed by atoms with Gasteiger partial charge in [0.25, 0.3) is 0 Å². The normalized spacial score (nSPS) is 18.8. The lowest BCUT2D eigenvalue weighted by Crippen LogP contribution is -2.40. The van der Waals surface area contributed by atoms with Gasteiger partial charge in [-0.15, -0.1) is 0 Å². The van der Waals surface area contributed by atoms with Gasteiger partial charge in [0, 0.05) is 24.6 Å². The van der Waals surface area contributed by atoms with Crippen LogP contribution in [0, 0.1) is 17.7 Å². The molecule has 156 valence electrons. The van der Waals surface area contributed by atoms with E-state index >= 15 is 0 Å². The number of nitrogens with one attached hydrogen (secondary N) is 2. The molecule has 0 aliphatic carbocycles. The highest BCUT2D eigenvalue weighted by Crippen LogP contribution is 2.28. The SMILES string of the molecule is O=C(CC1CCNCC1Cc1cc(-c2ccccc2)on1)NCc1ccc(F)cc1. The minimum absolute atomic E-state index is 0.0290. The van der Waals surface area contributed by atoms with Crippen LogP contribution in [0.5, 0.6) is 0 Å². The third kappa shape index (κ3) is 5.33. The van der Waals surface area contributed by atoms with Crippen LogP contribution in [0.1, 0.15) is 24.1 Å². The van der Waals surface area contributed by atoms with Gasteiger partial charge in [0.2, 0.25) is 5.91 Å². The summed E-state index contributed by atoms with van der Waals surface area (Å²) in [4.78, 5) is 12.5. The summed E-state index contributed by atoms with van der Waals surface area (Å²) in [7, 11) is 0. The van der Waals surface area contributed by atoms with Crippen LogP contribution in [0.25, 0.3) is 11.3 Å². The van der Waals surface area contributed by atoms with Gasteiger partial charge in [-0.25, -0.2) is 4.39 Å². The monoisotopic (exact) mass is 407 g/mol. The zero-order chi connectivity index (χ0) is 20.8. The van der Waals surface area contributed by atoms with Crippen molar-refractivity contribution in [3.63, 3.8) is 0 Å². The minimum Gasteiger partial charge on any atom is -0.356 e. The van der Waals surface area contributed by atoms with E-state index in [9.17, 15) is 9.18 Å². The van der Waals surface area contributed by atoms with Crippen molar-refractivity contribution >= 4 is 5.91 Å². The number of hydrogen-bond donors (Lipinski definition) is 2. The molecule has 2 N–H and O–H groups in total. The number of halogens is 1. The summed E-state index contributed by atoms with van der Waals surface area (Å²) in [6.45, 7) is 2.20. The molecule has 1 amide bonds. The highest BCUT2D eigenvalue weighted by atomic mass is 19.1. The lowest BCUT2D eigenvalue weighted by atomic mass is 9.81. The van der Waals surface area contributed by atoms with Crippen LogP contribution in [0.4, 0.5) is 4.39 Å². The highest BCUT2D eigenvalue weighted by molar-refractivity contribution is 5.76. The van der Waals surface area contributed by atoms with Crippen molar-refractivity contribution in [1.82, 2.24) is 15.8 Å². The molecule has 2 heterocycles. The van der Waals surface area contributed by atoms with Crippen molar-refractivity contribution in [2.75, 3.05) is 13.1 Å². The van der Waals surface area contributed by atoms with Crippen LogP contribution < -0.4 is 10.6 Å². The molecule has 6 heteroatoms. The van der Waals surface area contributed by atoms with E-state index in [1.165, 1.54) is 12.1 Å². The number of aromatic nitrogens is 1. The van der Waals surface area contributed by atoms with Crippen LogP contribution >= 0.6 is 0 Å². The van der Waals surface area contributed by atoms with Crippen LogP contribution in [0.15, 0.2) is 65.2 Å². The zero-order valence-corrected chi connectivity index (χ0v) is 16.8. The first-order valence-corrected chi connectivity index (χ1v) is 10.4. The van der Waals surface area contributed by atoms with Gasteiger partial charge in [-0.05, 0) is 55.5 Å². The summed E-state index contributed by atoms with van der Waals surface area (Å²) in [5, 5.41) is 10.6. The molecule has 1 aliphatic heterocycles. The predicted octanol–water partition coefficient (Wildman–Crippen LogP) is 3.96. The van der Waals surface area contributed by atoms with Crippen LogP contribution in [0.3, 0.4) is 0 Å². The molecule has 0 saturated carbocycles. The van der Waals surface area contributed by atoms with Crippen molar-refractivity contribution in [3.05, 3.63) is 77.7 Å². The maximum atomic E-state index is 13.0. The van der Waals surface area contributed by atoms with E-state index in [1.54, 1.807) is 12.1 Å². The Morgan fingerprint density at radius 1 is 1.13 bits per heavy atom. The number of carbonyl (C=O) groups is 1. The van der Waals surface area contributed by atoms with E-state index in [0.29, 0.717) is 18.9 Å². The molecule has 4 rings (SSSR count). The zero-order valence-electron chi connectivity index (χ0n) is 16.8. The second-order valence-electron chi connectivity index (χ2n) is 7.87. The summed E-state index contributed by atoms with van der Waals surface area (Å²) in [5.41, 5.74) is 2.82. The van der Waals surface area contributed by atoms with Crippen molar-refractivity contribution in [2.24, 2.45) is 11.8 Å². The number of carbonyl (C=O) groups excluding carboxylic acids is 1. The summed E-state index contributed by atoms with van der Waals surface area (Å²) in [6, 6.07) is 18.1. The molecular formula is C24H26FN3O2. The third-order valence-electron chi connectivity index (χ3n) is 5.70. The Balaban J connectivity index is 1.33. The molecule has 1 fully saturated rings. The average Bonchev–Trinajstić information content (AvgIpc) is 3.24. The van der Waals surface area contributed by atoms with E-state index in [4.69, 9.17) is 4.52 Å². The van der Waals surface area contributed by atoms with Crippen LogP contribution in [-0.4, -0.2) is 24.2 Å². The Kier molecular flexibility index (Phi) is 6.54. The maximum absolute atomic E-state index is 13.0. The van der Waals surface area contributed by atoms with Gasteiger partial charge in [-0.2, -0.15) is 0 Å². The Labute approximate surface area is 175 Å². The Hall–Kier alpha value is -2.99.